The summed E-state index contributed by atoms with van der Waals surface area (Å²) in [5, 5.41) is 9.48. The first-order chi connectivity index (χ1) is 19.5. The Morgan fingerprint density at radius 1 is 1.05 bits per heavy atom. The van der Waals surface area contributed by atoms with Gasteiger partial charge in [0, 0.05) is 48.2 Å². The molecule has 5 heterocycles. The van der Waals surface area contributed by atoms with E-state index in [-0.39, 0.29) is 11.3 Å². The Morgan fingerprint density at radius 2 is 1.88 bits per heavy atom. The lowest BCUT2D eigenvalue weighted by atomic mass is 9.80. The molecule has 3 aliphatic rings. The van der Waals surface area contributed by atoms with Crippen LogP contribution in [0.2, 0.25) is 0 Å². The van der Waals surface area contributed by atoms with Crippen LogP contribution in [0.15, 0.2) is 36.5 Å². The van der Waals surface area contributed by atoms with Crippen molar-refractivity contribution < 1.29 is 4.79 Å². The Kier molecular flexibility index (Phi) is 6.45. The van der Waals surface area contributed by atoms with E-state index < -0.39 is 0 Å². The predicted octanol–water partition coefficient (Wildman–Crippen LogP) is 5.87. The number of fused-ring (bicyclic) bond motifs is 2. The number of H-pyrrole nitrogens is 1. The van der Waals surface area contributed by atoms with E-state index >= 15 is 0 Å². The maximum absolute atomic E-state index is 13.4. The summed E-state index contributed by atoms with van der Waals surface area (Å²) in [4.78, 5) is 33.6. The van der Waals surface area contributed by atoms with E-state index in [0.717, 1.165) is 73.1 Å². The van der Waals surface area contributed by atoms with Gasteiger partial charge in [-0.2, -0.15) is 0 Å². The maximum atomic E-state index is 13.4. The van der Waals surface area contributed by atoms with Crippen molar-refractivity contribution in [2.75, 3.05) is 31.5 Å². The average molecular weight is 538 g/mol. The fourth-order valence-corrected chi connectivity index (χ4v) is 6.55. The van der Waals surface area contributed by atoms with Crippen molar-refractivity contribution in [2.45, 2.75) is 70.8 Å². The van der Waals surface area contributed by atoms with Gasteiger partial charge in [-0.1, -0.05) is 38.8 Å². The number of nitrogens with zero attached hydrogens (tertiary/aromatic N) is 4. The van der Waals surface area contributed by atoms with Crippen LogP contribution < -0.4 is 10.6 Å². The molecule has 3 aromatic heterocycles. The Labute approximate surface area is 235 Å². The number of rotatable bonds is 5. The van der Waals surface area contributed by atoms with Gasteiger partial charge in [-0.05, 0) is 73.7 Å². The first-order valence-electron chi connectivity index (χ1n) is 15.0. The van der Waals surface area contributed by atoms with Crippen molar-refractivity contribution in [3.63, 3.8) is 0 Å². The molecule has 0 radical (unpaired) electrons. The van der Waals surface area contributed by atoms with Gasteiger partial charge in [-0.25, -0.2) is 15.0 Å². The van der Waals surface area contributed by atoms with E-state index in [1.54, 1.807) is 6.20 Å². The molecule has 1 atom stereocenters. The summed E-state index contributed by atoms with van der Waals surface area (Å²) in [5.74, 6) is 2.22. The van der Waals surface area contributed by atoms with Crippen LogP contribution in [0.25, 0.3) is 33.3 Å². The lowest BCUT2D eigenvalue weighted by molar-refractivity contribution is 0.0756. The van der Waals surface area contributed by atoms with Crippen molar-refractivity contribution in [3.8, 4) is 11.4 Å². The van der Waals surface area contributed by atoms with Gasteiger partial charge in [0.05, 0.1) is 5.52 Å². The molecule has 0 unspecified atom stereocenters. The third-order valence-electron chi connectivity index (χ3n) is 9.11. The minimum Gasteiger partial charge on any atom is -0.366 e. The first kappa shape index (κ1) is 25.4. The molecule has 1 aliphatic carbocycles. The molecule has 208 valence electrons. The van der Waals surface area contributed by atoms with Gasteiger partial charge in [0.15, 0.2) is 5.82 Å². The zero-order valence-corrected chi connectivity index (χ0v) is 23.6. The summed E-state index contributed by atoms with van der Waals surface area (Å²) >= 11 is 0. The number of carbonyl (C=O) groups is 1. The molecule has 7 rings (SSSR count). The third kappa shape index (κ3) is 4.72. The summed E-state index contributed by atoms with van der Waals surface area (Å²) in [5.41, 5.74) is 4.58. The molecule has 40 heavy (non-hydrogen) atoms. The minimum atomic E-state index is 0.0508. The van der Waals surface area contributed by atoms with Crippen LogP contribution in [-0.2, 0) is 0 Å². The second-order valence-corrected chi connectivity index (χ2v) is 12.6. The topological polar surface area (TPSA) is 98.8 Å². The van der Waals surface area contributed by atoms with Gasteiger partial charge < -0.3 is 20.5 Å². The number of carbonyl (C=O) groups excluding carboxylic acids is 1. The molecule has 0 spiro atoms. The quantitative estimate of drug-likeness (QED) is 0.295. The van der Waals surface area contributed by atoms with Gasteiger partial charge in [-0.3, -0.25) is 4.79 Å². The molecule has 1 saturated carbocycles. The van der Waals surface area contributed by atoms with Crippen molar-refractivity contribution in [3.05, 3.63) is 47.8 Å². The summed E-state index contributed by atoms with van der Waals surface area (Å²) < 4.78 is 0. The number of nitrogens with one attached hydrogen (secondary N) is 3. The Balaban J connectivity index is 1.33. The van der Waals surface area contributed by atoms with Crippen LogP contribution in [0, 0.1) is 5.41 Å². The number of aromatic nitrogens is 4. The van der Waals surface area contributed by atoms with Crippen LogP contribution >= 0.6 is 0 Å². The number of likely N-dealkylation sites (tertiary alicyclic amines) is 1. The molecule has 3 fully saturated rings. The predicted molar refractivity (Wildman–Crippen MR) is 160 cm³/mol. The molecule has 8 nitrogen and oxygen atoms in total. The van der Waals surface area contributed by atoms with Crippen LogP contribution in [-0.4, -0.2) is 63.0 Å². The molecule has 4 aromatic rings. The molecule has 1 aromatic carbocycles. The Morgan fingerprint density at radius 3 is 2.65 bits per heavy atom. The number of hydrogen-bond acceptors (Lipinski definition) is 6. The van der Waals surface area contributed by atoms with E-state index in [1.807, 2.05) is 17.0 Å². The number of hydrogen-bond donors (Lipinski definition) is 3. The summed E-state index contributed by atoms with van der Waals surface area (Å²) in [6.45, 7) is 8.23. The monoisotopic (exact) mass is 537 g/mol. The van der Waals surface area contributed by atoms with Gasteiger partial charge >= 0.3 is 0 Å². The SMILES string of the molecule is CC1(C)CNCC[C@@H]1Nc1nc(-c2ccnc3[nH]c(C(=O)N4CCCCCC4)cc23)nc2cccc(C3CC3)c12. The summed E-state index contributed by atoms with van der Waals surface area (Å²) in [6.07, 6.45) is 9.77. The summed E-state index contributed by atoms with van der Waals surface area (Å²) in [7, 11) is 0. The number of benzene rings is 1. The van der Waals surface area contributed by atoms with Crippen LogP contribution in [0.1, 0.15) is 80.8 Å². The Hall–Kier alpha value is -3.52. The fraction of sp³-hybridized carbons (Fsp3) is 0.500. The van der Waals surface area contributed by atoms with Crippen molar-refractivity contribution in [2.24, 2.45) is 5.41 Å². The normalized spacial score (nSPS) is 21.4. The van der Waals surface area contributed by atoms with Crippen molar-refractivity contribution >= 4 is 33.7 Å². The molecular formula is C32H39N7O. The molecule has 0 bridgehead atoms. The van der Waals surface area contributed by atoms with Gasteiger partial charge in [-0.15, -0.1) is 0 Å². The molecule has 1 amide bonds. The van der Waals surface area contributed by atoms with E-state index in [1.165, 1.54) is 31.2 Å². The van der Waals surface area contributed by atoms with Crippen LogP contribution in [0.5, 0.6) is 0 Å². The van der Waals surface area contributed by atoms with Crippen molar-refractivity contribution in [1.29, 1.82) is 0 Å². The third-order valence-corrected chi connectivity index (χ3v) is 9.11. The standard InChI is InChI=1S/C32H39N7O/c1-32(2)19-33-14-13-26(32)37-30-27-21(20-10-11-20)8-7-9-24(27)35-29(38-30)22-12-15-34-28-23(22)18-25(36-28)31(40)39-16-5-3-4-6-17-39/h7-9,12,15,18,20,26,33H,3-6,10-11,13-14,16-17,19H2,1-2H3,(H,34,36)(H,35,37,38)/t26-/m0/s1. The van der Waals surface area contributed by atoms with Crippen molar-refractivity contribution in [1.82, 2.24) is 30.2 Å². The van der Waals surface area contributed by atoms with E-state index in [9.17, 15) is 4.79 Å². The molecule has 2 aliphatic heterocycles. The number of anilines is 1. The van der Waals surface area contributed by atoms with E-state index in [0.29, 0.717) is 29.1 Å². The highest BCUT2D eigenvalue weighted by atomic mass is 16.2. The minimum absolute atomic E-state index is 0.0508. The number of piperidine rings is 1. The first-order valence-corrected chi connectivity index (χ1v) is 15.0. The van der Waals surface area contributed by atoms with E-state index in [4.69, 9.17) is 9.97 Å². The van der Waals surface area contributed by atoms with E-state index in [2.05, 4.69) is 52.6 Å². The number of pyridine rings is 1. The fourth-order valence-electron chi connectivity index (χ4n) is 6.55. The van der Waals surface area contributed by atoms with Gasteiger partial charge in [0.1, 0.15) is 17.2 Å². The second kappa shape index (κ2) is 10.1. The number of aromatic amines is 1. The second-order valence-electron chi connectivity index (χ2n) is 12.6. The zero-order chi connectivity index (χ0) is 27.3. The average Bonchev–Trinajstić information content (AvgIpc) is 3.76. The molecular weight excluding hydrogens is 498 g/mol. The van der Waals surface area contributed by atoms with Crippen LogP contribution in [0.3, 0.4) is 0 Å². The zero-order valence-electron chi connectivity index (χ0n) is 23.6. The highest BCUT2D eigenvalue weighted by Gasteiger charge is 2.34. The molecule has 2 saturated heterocycles. The lowest BCUT2D eigenvalue weighted by Gasteiger charge is -2.40. The van der Waals surface area contributed by atoms with Crippen LogP contribution in [0.4, 0.5) is 5.82 Å². The maximum Gasteiger partial charge on any atom is 0.270 e. The highest BCUT2D eigenvalue weighted by Crippen LogP contribution is 2.45. The molecule has 3 N–H and O–H groups in total. The lowest BCUT2D eigenvalue weighted by Crippen LogP contribution is -2.49. The van der Waals surface area contributed by atoms with Gasteiger partial charge in [0.25, 0.3) is 5.91 Å². The Bertz CT molecular complexity index is 1560. The smallest absolute Gasteiger partial charge is 0.270 e. The van der Waals surface area contributed by atoms with Gasteiger partial charge in [0.2, 0.25) is 0 Å². The molecule has 8 heteroatoms. The largest absolute Gasteiger partial charge is 0.366 e. The highest BCUT2D eigenvalue weighted by molar-refractivity contribution is 6.02. The summed E-state index contributed by atoms with van der Waals surface area (Å²) in [6, 6.07) is 10.7. The number of amides is 1.